The van der Waals surface area contributed by atoms with Crippen LogP contribution in [0.25, 0.3) is 0 Å². The maximum absolute atomic E-state index is 11.1. The topological polar surface area (TPSA) is 35.5 Å². The first-order chi connectivity index (χ1) is 8.27. The smallest absolute Gasteiger partial charge is 0.337 e. The number of rotatable bonds is 5. The van der Waals surface area contributed by atoms with E-state index in [1.165, 1.54) is 7.11 Å². The van der Waals surface area contributed by atoms with Gasteiger partial charge in [-0.2, -0.15) is 0 Å². The van der Waals surface area contributed by atoms with E-state index < -0.39 is 0 Å². The SMILES string of the molecule is CC.CCCCOc1ccc(C(=O)OC)cc1. The molecule has 0 saturated heterocycles. The number of hydrogen-bond acceptors (Lipinski definition) is 3. The van der Waals surface area contributed by atoms with Crippen molar-refractivity contribution < 1.29 is 14.3 Å². The summed E-state index contributed by atoms with van der Waals surface area (Å²) in [7, 11) is 1.37. The third kappa shape index (κ3) is 5.95. The molecule has 0 atom stereocenters. The summed E-state index contributed by atoms with van der Waals surface area (Å²) in [5.74, 6) is 0.464. The average molecular weight is 238 g/mol. The van der Waals surface area contributed by atoms with Crippen LogP contribution in [0.2, 0.25) is 0 Å². The van der Waals surface area contributed by atoms with Crippen LogP contribution in [0.3, 0.4) is 0 Å². The summed E-state index contributed by atoms with van der Waals surface area (Å²) < 4.78 is 10.1. The maximum atomic E-state index is 11.1. The standard InChI is InChI=1S/C12H16O3.C2H6/c1-3-4-9-15-11-7-5-10(6-8-11)12(13)14-2;1-2/h5-8H,3-4,9H2,1-2H3;1-2H3. The van der Waals surface area contributed by atoms with Crippen LogP contribution in [0, 0.1) is 0 Å². The molecule has 1 aromatic rings. The Morgan fingerprint density at radius 1 is 1.18 bits per heavy atom. The predicted octanol–water partition coefficient (Wildman–Crippen LogP) is 3.68. The fourth-order valence-corrected chi connectivity index (χ4v) is 1.14. The zero-order valence-electron chi connectivity index (χ0n) is 11.2. The second-order valence-electron chi connectivity index (χ2n) is 3.22. The van der Waals surface area contributed by atoms with Crippen molar-refractivity contribution in [3.63, 3.8) is 0 Å². The number of ether oxygens (including phenoxy) is 2. The minimum atomic E-state index is -0.324. The Kier molecular flexibility index (Phi) is 8.84. The quantitative estimate of drug-likeness (QED) is 0.580. The van der Waals surface area contributed by atoms with E-state index in [1.54, 1.807) is 24.3 Å². The highest BCUT2D eigenvalue weighted by molar-refractivity contribution is 5.89. The Morgan fingerprint density at radius 2 is 1.76 bits per heavy atom. The van der Waals surface area contributed by atoms with E-state index in [4.69, 9.17) is 4.74 Å². The minimum absolute atomic E-state index is 0.324. The monoisotopic (exact) mass is 238 g/mol. The second-order valence-corrected chi connectivity index (χ2v) is 3.22. The molecular formula is C14H22O3. The van der Waals surface area contributed by atoms with Crippen molar-refractivity contribution in [2.75, 3.05) is 13.7 Å². The zero-order chi connectivity index (χ0) is 13.1. The first-order valence-electron chi connectivity index (χ1n) is 6.09. The highest BCUT2D eigenvalue weighted by Gasteiger charge is 2.04. The van der Waals surface area contributed by atoms with E-state index in [1.807, 2.05) is 13.8 Å². The fraction of sp³-hybridized carbons (Fsp3) is 0.500. The van der Waals surface area contributed by atoms with Gasteiger partial charge < -0.3 is 9.47 Å². The van der Waals surface area contributed by atoms with Gasteiger partial charge in [0, 0.05) is 0 Å². The molecule has 0 aliphatic carbocycles. The van der Waals surface area contributed by atoms with Crippen molar-refractivity contribution in [2.24, 2.45) is 0 Å². The van der Waals surface area contributed by atoms with Gasteiger partial charge >= 0.3 is 5.97 Å². The number of benzene rings is 1. The van der Waals surface area contributed by atoms with Crippen LogP contribution in [-0.4, -0.2) is 19.7 Å². The molecule has 96 valence electrons. The number of carbonyl (C=O) groups excluding carboxylic acids is 1. The number of unbranched alkanes of at least 4 members (excludes halogenated alkanes) is 1. The second kappa shape index (κ2) is 9.70. The van der Waals surface area contributed by atoms with Gasteiger partial charge in [-0.25, -0.2) is 4.79 Å². The lowest BCUT2D eigenvalue weighted by molar-refractivity contribution is 0.0600. The molecule has 0 aromatic heterocycles. The first kappa shape index (κ1) is 15.5. The molecule has 0 unspecified atom stereocenters. The molecule has 17 heavy (non-hydrogen) atoms. The molecule has 0 fully saturated rings. The van der Waals surface area contributed by atoms with Crippen LogP contribution in [0.4, 0.5) is 0 Å². The maximum Gasteiger partial charge on any atom is 0.337 e. The summed E-state index contributed by atoms with van der Waals surface area (Å²) >= 11 is 0. The van der Waals surface area contributed by atoms with E-state index in [0.29, 0.717) is 12.2 Å². The first-order valence-corrected chi connectivity index (χ1v) is 6.09. The molecule has 1 rings (SSSR count). The van der Waals surface area contributed by atoms with Gasteiger partial charge in [0.15, 0.2) is 0 Å². The molecule has 3 heteroatoms. The van der Waals surface area contributed by atoms with Crippen molar-refractivity contribution in [3.8, 4) is 5.75 Å². The van der Waals surface area contributed by atoms with E-state index in [-0.39, 0.29) is 5.97 Å². The van der Waals surface area contributed by atoms with E-state index >= 15 is 0 Å². The van der Waals surface area contributed by atoms with Gasteiger partial charge in [0.05, 0.1) is 19.3 Å². The molecule has 0 amide bonds. The largest absolute Gasteiger partial charge is 0.494 e. The molecule has 0 bridgehead atoms. The molecule has 0 aliphatic heterocycles. The van der Waals surface area contributed by atoms with E-state index in [2.05, 4.69) is 11.7 Å². The molecular weight excluding hydrogens is 216 g/mol. The normalized spacial score (nSPS) is 8.94. The van der Waals surface area contributed by atoms with Gasteiger partial charge in [0.1, 0.15) is 5.75 Å². The average Bonchev–Trinajstić information content (AvgIpc) is 2.41. The summed E-state index contributed by atoms with van der Waals surface area (Å²) in [6.45, 7) is 6.83. The van der Waals surface area contributed by atoms with Crippen molar-refractivity contribution in [1.29, 1.82) is 0 Å². The Labute approximate surface area is 104 Å². The van der Waals surface area contributed by atoms with Crippen LogP contribution in [0.5, 0.6) is 5.75 Å². The van der Waals surface area contributed by atoms with Gasteiger partial charge in [-0.1, -0.05) is 27.2 Å². The summed E-state index contributed by atoms with van der Waals surface area (Å²) in [6, 6.07) is 6.96. The lowest BCUT2D eigenvalue weighted by Crippen LogP contribution is -2.01. The Bertz CT molecular complexity index is 304. The van der Waals surface area contributed by atoms with Crippen LogP contribution in [0.1, 0.15) is 44.0 Å². The molecule has 0 spiro atoms. The molecule has 0 aliphatic rings. The summed E-state index contributed by atoms with van der Waals surface area (Å²) in [4.78, 5) is 11.1. The van der Waals surface area contributed by atoms with Crippen LogP contribution in [-0.2, 0) is 4.74 Å². The fourth-order valence-electron chi connectivity index (χ4n) is 1.14. The number of carbonyl (C=O) groups is 1. The van der Waals surface area contributed by atoms with Gasteiger partial charge in [-0.15, -0.1) is 0 Å². The van der Waals surface area contributed by atoms with Gasteiger partial charge in [0.25, 0.3) is 0 Å². The third-order valence-corrected chi connectivity index (χ3v) is 2.04. The van der Waals surface area contributed by atoms with Crippen LogP contribution in [0.15, 0.2) is 24.3 Å². The number of methoxy groups -OCH3 is 1. The van der Waals surface area contributed by atoms with Gasteiger partial charge in [0.2, 0.25) is 0 Å². The van der Waals surface area contributed by atoms with Crippen LogP contribution >= 0.6 is 0 Å². The molecule has 0 radical (unpaired) electrons. The molecule has 1 aromatic carbocycles. The minimum Gasteiger partial charge on any atom is -0.494 e. The molecule has 0 heterocycles. The predicted molar refractivity (Wildman–Crippen MR) is 69.5 cm³/mol. The molecule has 0 saturated carbocycles. The lowest BCUT2D eigenvalue weighted by atomic mass is 10.2. The Hall–Kier alpha value is -1.51. The van der Waals surface area contributed by atoms with Crippen LogP contribution < -0.4 is 4.74 Å². The lowest BCUT2D eigenvalue weighted by Gasteiger charge is -2.05. The molecule has 0 N–H and O–H groups in total. The molecule has 3 nitrogen and oxygen atoms in total. The number of esters is 1. The van der Waals surface area contributed by atoms with E-state index in [9.17, 15) is 4.79 Å². The summed E-state index contributed by atoms with van der Waals surface area (Å²) in [5.41, 5.74) is 0.542. The Balaban J connectivity index is 0.00000121. The zero-order valence-corrected chi connectivity index (χ0v) is 11.2. The van der Waals surface area contributed by atoms with Crippen molar-refractivity contribution in [3.05, 3.63) is 29.8 Å². The van der Waals surface area contributed by atoms with Gasteiger partial charge in [-0.05, 0) is 30.7 Å². The summed E-state index contributed by atoms with van der Waals surface area (Å²) in [5, 5.41) is 0. The highest BCUT2D eigenvalue weighted by Crippen LogP contribution is 2.13. The van der Waals surface area contributed by atoms with Crippen molar-refractivity contribution in [2.45, 2.75) is 33.6 Å². The third-order valence-electron chi connectivity index (χ3n) is 2.04. The Morgan fingerprint density at radius 3 is 2.24 bits per heavy atom. The van der Waals surface area contributed by atoms with E-state index in [0.717, 1.165) is 18.6 Å². The number of hydrogen-bond donors (Lipinski definition) is 0. The van der Waals surface area contributed by atoms with Crippen molar-refractivity contribution >= 4 is 5.97 Å². The van der Waals surface area contributed by atoms with Gasteiger partial charge in [-0.3, -0.25) is 0 Å². The van der Waals surface area contributed by atoms with Crippen molar-refractivity contribution in [1.82, 2.24) is 0 Å². The summed E-state index contributed by atoms with van der Waals surface area (Å²) in [6.07, 6.45) is 2.15. The highest BCUT2D eigenvalue weighted by atomic mass is 16.5.